The van der Waals surface area contributed by atoms with Gasteiger partial charge >= 0.3 is 6.18 Å². The highest BCUT2D eigenvalue weighted by Crippen LogP contribution is 2.25. The quantitative estimate of drug-likeness (QED) is 0.676. The number of hydrogen-bond donors (Lipinski definition) is 0. The van der Waals surface area contributed by atoms with Gasteiger partial charge in [-0.15, -0.1) is 0 Å². The van der Waals surface area contributed by atoms with Gasteiger partial charge in [0.1, 0.15) is 0 Å². The van der Waals surface area contributed by atoms with Crippen LogP contribution >= 0.6 is 0 Å². The normalized spacial score (nSPS) is 16.7. The van der Waals surface area contributed by atoms with Crippen LogP contribution in [0.25, 0.3) is 0 Å². The van der Waals surface area contributed by atoms with Crippen molar-refractivity contribution in [3.63, 3.8) is 0 Å². The fourth-order valence-corrected chi connectivity index (χ4v) is 1.30. The molecule has 0 fully saturated rings. The molecule has 0 saturated heterocycles. The van der Waals surface area contributed by atoms with Crippen LogP contribution in [0.1, 0.15) is 26.7 Å². The molecule has 0 saturated carbocycles. The van der Waals surface area contributed by atoms with Crippen molar-refractivity contribution in [2.75, 3.05) is 13.7 Å². The third-order valence-electron chi connectivity index (χ3n) is 1.93. The molecule has 86 valence electrons. The summed E-state index contributed by atoms with van der Waals surface area (Å²) in [6, 6.07) is 0. The van der Waals surface area contributed by atoms with E-state index in [0.717, 1.165) is 0 Å². The molecule has 5 heteroatoms. The van der Waals surface area contributed by atoms with Gasteiger partial charge in [-0.1, -0.05) is 6.92 Å². The molecule has 0 heterocycles. The third kappa shape index (κ3) is 5.44. The maximum atomic E-state index is 12.1. The molecule has 0 aliphatic rings. The predicted molar refractivity (Wildman–Crippen MR) is 47.2 cm³/mol. The van der Waals surface area contributed by atoms with Gasteiger partial charge in [-0.25, -0.2) is 0 Å². The predicted octanol–water partition coefficient (Wildman–Crippen LogP) is 2.77. The van der Waals surface area contributed by atoms with E-state index in [1.807, 2.05) is 0 Å². The van der Waals surface area contributed by atoms with Gasteiger partial charge in [0.2, 0.25) is 0 Å². The SMILES string of the molecule is CCOC(CC)C(CC(F)(F)F)OC. The molecule has 2 unspecified atom stereocenters. The second-order valence-electron chi connectivity index (χ2n) is 3.00. The number of alkyl halides is 3. The molecule has 0 aromatic carbocycles. The summed E-state index contributed by atoms with van der Waals surface area (Å²) in [5.41, 5.74) is 0. The van der Waals surface area contributed by atoms with Gasteiger partial charge in [-0.05, 0) is 13.3 Å². The number of methoxy groups -OCH3 is 1. The number of halogens is 3. The van der Waals surface area contributed by atoms with E-state index < -0.39 is 24.8 Å². The number of rotatable bonds is 6. The van der Waals surface area contributed by atoms with Crippen LogP contribution in [0.3, 0.4) is 0 Å². The van der Waals surface area contributed by atoms with Crippen molar-refractivity contribution in [1.82, 2.24) is 0 Å². The lowest BCUT2D eigenvalue weighted by Gasteiger charge is -2.25. The Balaban J connectivity index is 4.21. The summed E-state index contributed by atoms with van der Waals surface area (Å²) in [7, 11) is 1.28. The molecule has 14 heavy (non-hydrogen) atoms. The first-order chi connectivity index (χ1) is 6.44. The van der Waals surface area contributed by atoms with Crippen LogP contribution in [0.2, 0.25) is 0 Å². The number of ether oxygens (including phenoxy) is 2. The van der Waals surface area contributed by atoms with E-state index in [2.05, 4.69) is 0 Å². The average Bonchev–Trinajstić information content (AvgIpc) is 2.09. The minimum atomic E-state index is -4.20. The van der Waals surface area contributed by atoms with Crippen molar-refractivity contribution < 1.29 is 22.6 Å². The Morgan fingerprint density at radius 3 is 2.00 bits per heavy atom. The lowest BCUT2D eigenvalue weighted by atomic mass is 10.1. The van der Waals surface area contributed by atoms with Crippen LogP contribution < -0.4 is 0 Å². The summed E-state index contributed by atoms with van der Waals surface area (Å²) in [6.07, 6.45) is -6.03. The zero-order chi connectivity index (χ0) is 11.2. The molecular formula is C9H17F3O2. The molecule has 0 aliphatic heterocycles. The monoisotopic (exact) mass is 214 g/mol. The number of hydrogen-bond acceptors (Lipinski definition) is 2. The van der Waals surface area contributed by atoms with Gasteiger partial charge < -0.3 is 9.47 Å². The Morgan fingerprint density at radius 1 is 1.14 bits per heavy atom. The van der Waals surface area contributed by atoms with E-state index in [9.17, 15) is 13.2 Å². The van der Waals surface area contributed by atoms with Crippen LogP contribution in [0, 0.1) is 0 Å². The molecule has 0 radical (unpaired) electrons. The van der Waals surface area contributed by atoms with Crippen molar-refractivity contribution in [3.8, 4) is 0 Å². The molecule has 0 rings (SSSR count). The molecule has 0 bridgehead atoms. The third-order valence-corrected chi connectivity index (χ3v) is 1.93. The summed E-state index contributed by atoms with van der Waals surface area (Å²) >= 11 is 0. The van der Waals surface area contributed by atoms with E-state index >= 15 is 0 Å². The van der Waals surface area contributed by atoms with Crippen molar-refractivity contribution in [3.05, 3.63) is 0 Å². The van der Waals surface area contributed by atoms with E-state index in [1.54, 1.807) is 13.8 Å². The van der Waals surface area contributed by atoms with Crippen LogP contribution in [-0.2, 0) is 9.47 Å². The zero-order valence-corrected chi connectivity index (χ0v) is 8.73. The second-order valence-corrected chi connectivity index (χ2v) is 3.00. The van der Waals surface area contributed by atoms with Gasteiger partial charge in [0, 0.05) is 13.7 Å². The average molecular weight is 214 g/mol. The summed E-state index contributed by atoms with van der Waals surface area (Å²) in [5, 5.41) is 0. The molecule has 2 atom stereocenters. The first kappa shape index (κ1) is 13.7. The molecular weight excluding hydrogens is 197 g/mol. The molecule has 0 N–H and O–H groups in total. The van der Waals surface area contributed by atoms with E-state index in [1.165, 1.54) is 7.11 Å². The first-order valence-corrected chi connectivity index (χ1v) is 4.65. The van der Waals surface area contributed by atoms with Crippen molar-refractivity contribution in [1.29, 1.82) is 0 Å². The van der Waals surface area contributed by atoms with E-state index in [0.29, 0.717) is 13.0 Å². The highest BCUT2D eigenvalue weighted by molar-refractivity contribution is 4.72. The van der Waals surface area contributed by atoms with Crippen molar-refractivity contribution in [2.45, 2.75) is 45.1 Å². The van der Waals surface area contributed by atoms with Gasteiger partial charge in [-0.3, -0.25) is 0 Å². The minimum absolute atomic E-state index is 0.399. The highest BCUT2D eigenvalue weighted by Gasteiger charge is 2.35. The van der Waals surface area contributed by atoms with E-state index in [4.69, 9.17) is 9.47 Å². The minimum Gasteiger partial charge on any atom is -0.378 e. The first-order valence-electron chi connectivity index (χ1n) is 4.65. The molecule has 0 aromatic rings. The van der Waals surface area contributed by atoms with Gasteiger partial charge in [-0.2, -0.15) is 13.2 Å². The van der Waals surface area contributed by atoms with Gasteiger partial charge in [0.15, 0.2) is 0 Å². The van der Waals surface area contributed by atoms with E-state index in [-0.39, 0.29) is 0 Å². The van der Waals surface area contributed by atoms with Crippen LogP contribution in [0.5, 0.6) is 0 Å². The molecule has 0 amide bonds. The topological polar surface area (TPSA) is 18.5 Å². The Hall–Kier alpha value is -0.290. The lowest BCUT2D eigenvalue weighted by molar-refractivity contribution is -0.175. The highest BCUT2D eigenvalue weighted by atomic mass is 19.4. The van der Waals surface area contributed by atoms with Gasteiger partial charge in [0.25, 0.3) is 0 Å². The Kier molecular flexibility index (Phi) is 6.11. The van der Waals surface area contributed by atoms with Crippen LogP contribution in [0.4, 0.5) is 13.2 Å². The fraction of sp³-hybridized carbons (Fsp3) is 1.00. The largest absolute Gasteiger partial charge is 0.391 e. The Morgan fingerprint density at radius 2 is 1.71 bits per heavy atom. The molecule has 0 aliphatic carbocycles. The molecule has 0 spiro atoms. The summed E-state index contributed by atoms with van der Waals surface area (Å²) < 4.78 is 46.2. The summed E-state index contributed by atoms with van der Waals surface area (Å²) in [5.74, 6) is 0. The molecule has 2 nitrogen and oxygen atoms in total. The standard InChI is InChI=1S/C9H17F3O2/c1-4-7(14-5-2)8(13-3)6-9(10,11)12/h7-8H,4-6H2,1-3H3. The Labute approximate surface area is 82.4 Å². The van der Waals surface area contributed by atoms with Crippen LogP contribution in [-0.4, -0.2) is 32.1 Å². The lowest BCUT2D eigenvalue weighted by Crippen LogP contribution is -2.34. The maximum Gasteiger partial charge on any atom is 0.391 e. The second kappa shape index (κ2) is 6.24. The van der Waals surface area contributed by atoms with Crippen molar-refractivity contribution >= 4 is 0 Å². The summed E-state index contributed by atoms with van der Waals surface area (Å²) in [6.45, 7) is 3.93. The smallest absolute Gasteiger partial charge is 0.378 e. The van der Waals surface area contributed by atoms with Gasteiger partial charge in [0.05, 0.1) is 18.6 Å². The summed E-state index contributed by atoms with van der Waals surface area (Å²) in [4.78, 5) is 0. The fourth-order valence-electron chi connectivity index (χ4n) is 1.30. The van der Waals surface area contributed by atoms with Crippen LogP contribution in [0.15, 0.2) is 0 Å². The van der Waals surface area contributed by atoms with Crippen molar-refractivity contribution in [2.24, 2.45) is 0 Å². The Bertz CT molecular complexity index is 147. The zero-order valence-electron chi connectivity index (χ0n) is 8.73. The maximum absolute atomic E-state index is 12.1. The molecule has 0 aromatic heterocycles.